The Morgan fingerprint density at radius 2 is 1.91 bits per heavy atom. The third-order valence-corrected chi connectivity index (χ3v) is 6.09. The van der Waals surface area contributed by atoms with Crippen LogP contribution in [0.2, 0.25) is 0 Å². The molecule has 0 radical (unpaired) electrons. The summed E-state index contributed by atoms with van der Waals surface area (Å²) in [5.74, 6) is -3.17. The fraction of sp³-hybridized carbons (Fsp3) is 0.476. The maximum atomic E-state index is 13.0. The molecule has 2 fully saturated rings. The van der Waals surface area contributed by atoms with Gasteiger partial charge < -0.3 is 15.4 Å². The van der Waals surface area contributed by atoms with Crippen LogP contribution in [0.5, 0.6) is 0 Å². The molecule has 34 heavy (non-hydrogen) atoms. The quantitative estimate of drug-likeness (QED) is 0.486. The number of ether oxygens (including phenoxy) is 1. The van der Waals surface area contributed by atoms with Crippen LogP contribution in [-0.4, -0.2) is 59.4 Å². The maximum absolute atomic E-state index is 13.0. The van der Waals surface area contributed by atoms with Gasteiger partial charge in [0, 0.05) is 0 Å². The van der Waals surface area contributed by atoms with Gasteiger partial charge in [0.15, 0.2) is 6.10 Å². The van der Waals surface area contributed by atoms with Crippen LogP contribution in [0.4, 0.5) is 29.3 Å². The number of amides is 5. The van der Waals surface area contributed by atoms with Gasteiger partial charge in [0.05, 0.1) is 16.9 Å². The number of carbonyl (C=O) groups is 5. The Morgan fingerprint density at radius 3 is 2.53 bits per heavy atom. The molecule has 13 heteroatoms. The summed E-state index contributed by atoms with van der Waals surface area (Å²) in [6, 6.07) is 1.77. The van der Waals surface area contributed by atoms with E-state index in [0.29, 0.717) is 6.07 Å². The van der Waals surface area contributed by atoms with Crippen molar-refractivity contribution in [3.8, 4) is 0 Å². The van der Waals surface area contributed by atoms with Crippen LogP contribution < -0.4 is 15.5 Å². The van der Waals surface area contributed by atoms with E-state index in [2.05, 4.69) is 10.6 Å². The first-order valence-electron chi connectivity index (χ1n) is 10.5. The minimum absolute atomic E-state index is 0.00588. The molecule has 1 aromatic carbocycles. The van der Waals surface area contributed by atoms with Crippen LogP contribution in [0, 0.1) is 5.92 Å². The van der Waals surface area contributed by atoms with Gasteiger partial charge >= 0.3 is 18.2 Å². The molecular weight excluding hydrogens is 461 g/mol. The van der Waals surface area contributed by atoms with Crippen LogP contribution in [0.25, 0.3) is 0 Å². The third-order valence-electron chi connectivity index (χ3n) is 6.09. The van der Waals surface area contributed by atoms with Crippen molar-refractivity contribution < 1.29 is 41.9 Å². The molecule has 1 aliphatic carbocycles. The van der Waals surface area contributed by atoms with Crippen molar-refractivity contribution in [2.75, 3.05) is 23.3 Å². The molecule has 1 aromatic rings. The standard InChI is InChI=1S/C21H21F3N4O6/c1-10(34-16(30)9-28-18(32)20(2,11-3-4-11)26-19(28)33)17(31)27-8-15(29)25-13-7-12(21(22,23)24)5-6-14(13)27/h5-7,10-11H,3-4,8-9H2,1-2H3,(H,25,29)(H,26,33). The number of benzene rings is 1. The van der Waals surface area contributed by atoms with Crippen LogP contribution in [0.1, 0.15) is 32.3 Å². The largest absolute Gasteiger partial charge is 0.451 e. The van der Waals surface area contributed by atoms with Gasteiger partial charge in [-0.05, 0) is 50.8 Å². The van der Waals surface area contributed by atoms with Gasteiger partial charge in [0.2, 0.25) is 5.91 Å². The summed E-state index contributed by atoms with van der Waals surface area (Å²) < 4.78 is 44.1. The molecule has 1 saturated heterocycles. The van der Waals surface area contributed by atoms with Crippen molar-refractivity contribution in [2.45, 2.75) is 44.5 Å². The topological polar surface area (TPSA) is 125 Å². The monoisotopic (exact) mass is 482 g/mol. The molecule has 2 unspecified atom stereocenters. The van der Waals surface area contributed by atoms with Crippen molar-refractivity contribution >= 4 is 41.1 Å². The highest BCUT2D eigenvalue weighted by Gasteiger charge is 2.56. The summed E-state index contributed by atoms with van der Waals surface area (Å²) in [5.41, 5.74) is -2.29. The number of rotatable bonds is 5. The molecule has 0 aromatic heterocycles. The average Bonchev–Trinajstić information content (AvgIpc) is 3.57. The van der Waals surface area contributed by atoms with Gasteiger partial charge in [0.25, 0.3) is 11.8 Å². The van der Waals surface area contributed by atoms with E-state index in [1.165, 1.54) is 6.92 Å². The number of hydrogen-bond acceptors (Lipinski definition) is 6. The molecular formula is C21H21F3N4O6. The number of esters is 1. The highest BCUT2D eigenvalue weighted by molar-refractivity contribution is 6.12. The molecule has 4 rings (SSSR count). The van der Waals surface area contributed by atoms with Gasteiger partial charge in [-0.3, -0.25) is 29.0 Å². The highest BCUT2D eigenvalue weighted by atomic mass is 19.4. The highest BCUT2D eigenvalue weighted by Crippen LogP contribution is 2.42. The minimum Gasteiger partial charge on any atom is -0.451 e. The van der Waals surface area contributed by atoms with Gasteiger partial charge in [0.1, 0.15) is 18.6 Å². The Labute approximate surface area is 191 Å². The normalized spacial score (nSPS) is 23.3. The second kappa shape index (κ2) is 7.99. The zero-order valence-corrected chi connectivity index (χ0v) is 18.2. The molecule has 3 aliphatic rings. The third kappa shape index (κ3) is 4.17. The summed E-state index contributed by atoms with van der Waals surface area (Å²) in [6.07, 6.45) is -4.53. The van der Waals surface area contributed by atoms with E-state index in [1.807, 2.05) is 0 Å². The number of urea groups is 1. The van der Waals surface area contributed by atoms with Crippen molar-refractivity contribution in [1.29, 1.82) is 0 Å². The molecule has 1 saturated carbocycles. The SMILES string of the molecule is CC(OC(=O)CN1C(=O)NC(C)(C2CC2)C1=O)C(=O)N1CC(=O)Nc2cc(C(F)(F)F)ccc21. The number of carbonyl (C=O) groups excluding carboxylic acids is 5. The van der Waals surface area contributed by atoms with E-state index in [-0.39, 0.29) is 17.3 Å². The first-order valence-corrected chi connectivity index (χ1v) is 10.5. The first-order chi connectivity index (χ1) is 15.8. The smallest absolute Gasteiger partial charge is 0.416 e. The molecule has 5 amide bonds. The van der Waals surface area contributed by atoms with Crippen LogP contribution in [0.3, 0.4) is 0 Å². The Morgan fingerprint density at radius 1 is 1.24 bits per heavy atom. The van der Waals surface area contributed by atoms with E-state index in [4.69, 9.17) is 4.74 Å². The molecule has 0 bridgehead atoms. The average molecular weight is 482 g/mol. The lowest BCUT2D eigenvalue weighted by Gasteiger charge is -2.31. The van der Waals surface area contributed by atoms with Crippen LogP contribution in [0.15, 0.2) is 18.2 Å². The molecule has 182 valence electrons. The molecule has 2 heterocycles. The lowest BCUT2D eigenvalue weighted by molar-refractivity contribution is -0.156. The fourth-order valence-corrected chi connectivity index (χ4v) is 4.09. The van der Waals surface area contributed by atoms with Crippen LogP contribution in [-0.2, 0) is 30.1 Å². The Bertz CT molecular complexity index is 1100. The van der Waals surface area contributed by atoms with E-state index in [1.54, 1.807) is 6.92 Å². The minimum atomic E-state index is -4.65. The summed E-state index contributed by atoms with van der Waals surface area (Å²) in [4.78, 5) is 63.7. The fourth-order valence-electron chi connectivity index (χ4n) is 4.09. The van der Waals surface area contributed by atoms with Crippen molar-refractivity contribution in [1.82, 2.24) is 10.2 Å². The number of nitrogens with zero attached hydrogens (tertiary/aromatic N) is 2. The van der Waals surface area contributed by atoms with Crippen LogP contribution >= 0.6 is 0 Å². The van der Waals surface area contributed by atoms with E-state index < -0.39 is 66.2 Å². The first kappa shape index (κ1) is 23.5. The Balaban J connectivity index is 1.44. The molecule has 10 nitrogen and oxygen atoms in total. The molecule has 0 spiro atoms. The summed E-state index contributed by atoms with van der Waals surface area (Å²) in [5, 5.41) is 4.87. The predicted molar refractivity (Wildman–Crippen MR) is 109 cm³/mol. The van der Waals surface area contributed by atoms with Gasteiger partial charge in [-0.25, -0.2) is 4.79 Å². The summed E-state index contributed by atoms with van der Waals surface area (Å²) in [7, 11) is 0. The van der Waals surface area contributed by atoms with E-state index in [0.717, 1.165) is 34.8 Å². The number of anilines is 2. The zero-order valence-electron chi connectivity index (χ0n) is 18.2. The number of nitrogens with one attached hydrogen (secondary N) is 2. The lowest BCUT2D eigenvalue weighted by Crippen LogP contribution is -2.48. The molecule has 2 aliphatic heterocycles. The Hall–Kier alpha value is -3.64. The Kier molecular flexibility index (Phi) is 5.53. The number of halogens is 3. The van der Waals surface area contributed by atoms with E-state index in [9.17, 15) is 37.1 Å². The van der Waals surface area contributed by atoms with Crippen molar-refractivity contribution in [3.63, 3.8) is 0 Å². The molecule has 2 N–H and O–H groups in total. The number of imide groups is 1. The van der Waals surface area contributed by atoms with Gasteiger partial charge in [-0.1, -0.05) is 0 Å². The second-order valence-electron chi connectivity index (χ2n) is 8.63. The maximum Gasteiger partial charge on any atom is 0.416 e. The van der Waals surface area contributed by atoms with Crippen molar-refractivity contribution in [3.05, 3.63) is 23.8 Å². The number of hydrogen-bond donors (Lipinski definition) is 2. The summed E-state index contributed by atoms with van der Waals surface area (Å²) >= 11 is 0. The molecule has 2 atom stereocenters. The van der Waals surface area contributed by atoms with E-state index >= 15 is 0 Å². The van der Waals surface area contributed by atoms with Gasteiger partial charge in [-0.2, -0.15) is 13.2 Å². The number of alkyl halides is 3. The lowest BCUT2D eigenvalue weighted by atomic mass is 9.96. The zero-order chi connectivity index (χ0) is 25.0. The van der Waals surface area contributed by atoms with Gasteiger partial charge in [-0.15, -0.1) is 0 Å². The number of fused-ring (bicyclic) bond motifs is 1. The second-order valence-corrected chi connectivity index (χ2v) is 8.63. The predicted octanol–water partition coefficient (Wildman–Crippen LogP) is 1.64. The summed E-state index contributed by atoms with van der Waals surface area (Å²) in [6.45, 7) is 1.60. The van der Waals surface area contributed by atoms with Crippen molar-refractivity contribution in [2.24, 2.45) is 5.92 Å².